The summed E-state index contributed by atoms with van der Waals surface area (Å²) in [5, 5.41) is 12.6. The lowest BCUT2D eigenvalue weighted by Gasteiger charge is -2.12. The lowest BCUT2D eigenvalue weighted by atomic mass is 9.93. The molecule has 3 N–H and O–H groups in total. The molecule has 1 aromatic carbocycles. The third-order valence-corrected chi connectivity index (χ3v) is 5.04. The molecule has 0 unspecified atom stereocenters. The maximum Gasteiger partial charge on any atom is 0.324 e. The first-order chi connectivity index (χ1) is 17.3. The van der Waals surface area contributed by atoms with Crippen molar-refractivity contribution in [1.82, 2.24) is 24.7 Å². The van der Waals surface area contributed by atoms with Crippen LogP contribution in [0.1, 0.15) is 44.2 Å². The van der Waals surface area contributed by atoms with Gasteiger partial charge in [-0.25, -0.2) is 19.7 Å². The van der Waals surface area contributed by atoms with Crippen LogP contribution in [0.2, 0.25) is 0 Å². The fraction of sp³-hybridized carbons (Fsp3) is 0.269. The van der Waals surface area contributed by atoms with Gasteiger partial charge in [0.25, 0.3) is 0 Å². The molecule has 4 rings (SSSR count). The number of urea groups is 1. The van der Waals surface area contributed by atoms with Crippen molar-refractivity contribution in [2.45, 2.75) is 39.2 Å². The Labute approximate surface area is 209 Å². The summed E-state index contributed by atoms with van der Waals surface area (Å²) in [4.78, 5) is 25.1. The minimum Gasteiger partial charge on any atom is -0.359 e. The van der Waals surface area contributed by atoms with Gasteiger partial charge < -0.3 is 19.7 Å². The van der Waals surface area contributed by atoms with Gasteiger partial charge in [-0.2, -0.15) is 0 Å². The quantitative estimate of drug-likeness (QED) is 0.261. The number of aryl methyl sites for hydroxylation is 1. The number of hydrogen-bond donors (Lipinski definition) is 3. The van der Waals surface area contributed by atoms with E-state index in [0.717, 1.165) is 25.1 Å². The molecule has 0 bridgehead atoms. The molecule has 0 saturated carbocycles. The zero-order chi connectivity index (χ0) is 25.4. The van der Waals surface area contributed by atoms with Crippen LogP contribution in [0.4, 0.5) is 22.2 Å². The van der Waals surface area contributed by atoms with E-state index in [4.69, 9.17) is 4.52 Å². The zero-order valence-electron chi connectivity index (χ0n) is 20.4. The highest BCUT2D eigenvalue weighted by molar-refractivity contribution is 5.99. The van der Waals surface area contributed by atoms with Gasteiger partial charge in [0.05, 0.1) is 6.33 Å². The fourth-order valence-electron chi connectivity index (χ4n) is 3.17. The summed E-state index contributed by atoms with van der Waals surface area (Å²) < 4.78 is 7.32. The lowest BCUT2D eigenvalue weighted by Crippen LogP contribution is -2.19. The van der Waals surface area contributed by atoms with Crippen LogP contribution in [-0.4, -0.2) is 37.3 Å². The molecule has 0 atom stereocenters. The van der Waals surface area contributed by atoms with Gasteiger partial charge in [-0.15, -0.1) is 0 Å². The van der Waals surface area contributed by atoms with E-state index in [2.05, 4.69) is 47.9 Å². The first-order valence-electron chi connectivity index (χ1n) is 11.6. The number of carbonyl (C=O) groups excluding carboxylic acids is 1. The van der Waals surface area contributed by atoms with Crippen LogP contribution < -0.4 is 16.0 Å². The molecule has 4 aromatic rings. The van der Waals surface area contributed by atoms with Crippen molar-refractivity contribution in [3.8, 4) is 11.8 Å². The van der Waals surface area contributed by atoms with E-state index in [0.29, 0.717) is 28.9 Å². The van der Waals surface area contributed by atoms with E-state index in [9.17, 15) is 4.79 Å². The van der Waals surface area contributed by atoms with Crippen molar-refractivity contribution in [2.24, 2.45) is 0 Å². The molecule has 3 heterocycles. The Morgan fingerprint density at radius 1 is 1.11 bits per heavy atom. The Balaban J connectivity index is 1.31. The molecule has 36 heavy (non-hydrogen) atoms. The van der Waals surface area contributed by atoms with Crippen LogP contribution in [0, 0.1) is 11.8 Å². The van der Waals surface area contributed by atoms with Crippen LogP contribution in [0.3, 0.4) is 0 Å². The van der Waals surface area contributed by atoms with E-state index in [1.54, 1.807) is 43.0 Å². The van der Waals surface area contributed by atoms with Crippen molar-refractivity contribution in [3.05, 3.63) is 78.3 Å². The van der Waals surface area contributed by atoms with Crippen LogP contribution in [0.25, 0.3) is 0 Å². The summed E-state index contributed by atoms with van der Waals surface area (Å²) >= 11 is 0. The molecule has 10 heteroatoms. The molecule has 3 aromatic heterocycles. The van der Waals surface area contributed by atoms with Crippen LogP contribution in [0.5, 0.6) is 0 Å². The highest BCUT2D eigenvalue weighted by Crippen LogP contribution is 2.24. The van der Waals surface area contributed by atoms with Crippen molar-refractivity contribution < 1.29 is 9.32 Å². The highest BCUT2D eigenvalue weighted by Gasteiger charge is 2.20. The number of hydrogen-bond acceptors (Lipinski definition) is 7. The van der Waals surface area contributed by atoms with E-state index >= 15 is 0 Å². The second-order valence-electron chi connectivity index (χ2n) is 9.08. The fourth-order valence-corrected chi connectivity index (χ4v) is 3.17. The maximum atomic E-state index is 12.4. The number of rotatable bonds is 7. The largest absolute Gasteiger partial charge is 0.359 e. The predicted molar refractivity (Wildman–Crippen MR) is 138 cm³/mol. The summed E-state index contributed by atoms with van der Waals surface area (Å²) in [5.41, 5.74) is 1.73. The maximum absolute atomic E-state index is 12.4. The van der Waals surface area contributed by atoms with Crippen LogP contribution in [0.15, 0.2) is 65.8 Å². The minimum absolute atomic E-state index is 0.197. The number of nitrogens with zero attached hydrogens (tertiary/aromatic N) is 5. The second-order valence-corrected chi connectivity index (χ2v) is 9.08. The van der Waals surface area contributed by atoms with Gasteiger partial charge >= 0.3 is 6.03 Å². The number of aromatic nitrogens is 5. The summed E-state index contributed by atoms with van der Waals surface area (Å²) in [6.45, 7) is 7.62. The van der Waals surface area contributed by atoms with Crippen molar-refractivity contribution in [3.63, 3.8) is 0 Å². The van der Waals surface area contributed by atoms with Crippen molar-refractivity contribution in [1.29, 1.82) is 0 Å². The summed E-state index contributed by atoms with van der Waals surface area (Å²) in [6.07, 6.45) is 8.08. The Bertz CT molecular complexity index is 1360. The standard InChI is InChI=1S/C26H28N8O2/c1-26(2,3)22-17-23(33-36-22)32-25(35)31-21-7-4-6-19(16-21)8-9-20-10-12-29-24(30-20)28-11-5-14-34-15-13-27-18-34/h4,6-7,10,12-13,15-18H,5,11,14H2,1-3H3,(H,28,29,30)(H2,31,32,33,35). The van der Waals surface area contributed by atoms with E-state index in [-0.39, 0.29) is 5.41 Å². The van der Waals surface area contributed by atoms with Crippen LogP contribution in [-0.2, 0) is 12.0 Å². The molecule has 0 aliphatic heterocycles. The molecule has 0 aliphatic rings. The van der Waals surface area contributed by atoms with Gasteiger partial charge in [0.2, 0.25) is 5.95 Å². The number of imidazole rings is 1. The highest BCUT2D eigenvalue weighted by atomic mass is 16.5. The first kappa shape index (κ1) is 24.5. The average Bonchev–Trinajstić information content (AvgIpc) is 3.53. The van der Waals surface area contributed by atoms with Gasteiger partial charge in [0.15, 0.2) is 5.82 Å². The summed E-state index contributed by atoms with van der Waals surface area (Å²) in [5.74, 6) is 7.69. The molecule has 2 amide bonds. The number of carbonyl (C=O) groups is 1. The van der Waals surface area contributed by atoms with Crippen LogP contribution >= 0.6 is 0 Å². The smallest absolute Gasteiger partial charge is 0.324 e. The Morgan fingerprint density at radius 2 is 2.00 bits per heavy atom. The van der Waals surface area contributed by atoms with E-state index in [1.807, 2.05) is 43.7 Å². The topological polar surface area (TPSA) is 123 Å². The SMILES string of the molecule is CC(C)(C)c1cc(NC(=O)Nc2cccc(C#Cc3ccnc(NCCCn4ccnc4)n3)c2)no1. The molecule has 0 spiro atoms. The average molecular weight is 485 g/mol. The van der Waals surface area contributed by atoms with Gasteiger partial charge in [-0.3, -0.25) is 5.32 Å². The number of benzene rings is 1. The Kier molecular flexibility index (Phi) is 7.60. The molecule has 10 nitrogen and oxygen atoms in total. The molecule has 0 aliphatic carbocycles. The van der Waals surface area contributed by atoms with Gasteiger partial charge in [-0.05, 0) is 36.6 Å². The molecule has 0 saturated heterocycles. The van der Waals surface area contributed by atoms with Crippen molar-refractivity contribution >= 4 is 23.5 Å². The third-order valence-electron chi connectivity index (χ3n) is 5.04. The predicted octanol–water partition coefficient (Wildman–Crippen LogP) is 4.50. The lowest BCUT2D eigenvalue weighted by molar-refractivity contribution is 0.262. The molecule has 0 fully saturated rings. The number of nitrogens with one attached hydrogen (secondary N) is 3. The zero-order valence-corrected chi connectivity index (χ0v) is 20.4. The van der Waals surface area contributed by atoms with Crippen molar-refractivity contribution in [2.75, 3.05) is 22.5 Å². The molecule has 0 radical (unpaired) electrons. The third kappa shape index (κ3) is 7.17. The first-order valence-corrected chi connectivity index (χ1v) is 11.6. The van der Waals surface area contributed by atoms with Gasteiger partial charge in [0, 0.05) is 54.4 Å². The molecule has 184 valence electrons. The number of anilines is 3. The molecular formula is C26H28N8O2. The normalized spacial score (nSPS) is 10.9. The van der Waals surface area contributed by atoms with E-state index in [1.165, 1.54) is 0 Å². The Morgan fingerprint density at radius 3 is 2.78 bits per heavy atom. The second kappa shape index (κ2) is 11.2. The summed E-state index contributed by atoms with van der Waals surface area (Å²) in [7, 11) is 0. The monoisotopic (exact) mass is 484 g/mol. The minimum atomic E-state index is -0.423. The van der Waals surface area contributed by atoms with E-state index < -0.39 is 6.03 Å². The Hall–Kier alpha value is -4.65. The summed E-state index contributed by atoms with van der Waals surface area (Å²) in [6, 6.07) is 10.3. The number of amides is 2. The molecular weight excluding hydrogens is 456 g/mol. The van der Waals surface area contributed by atoms with Gasteiger partial charge in [0.1, 0.15) is 11.5 Å². The van der Waals surface area contributed by atoms with Gasteiger partial charge in [-0.1, -0.05) is 37.9 Å².